The van der Waals surface area contributed by atoms with E-state index in [0.717, 1.165) is 25.7 Å². The fraction of sp³-hybridized carbons (Fsp3) is 0.529. The lowest BCUT2D eigenvalue weighted by Crippen LogP contribution is -2.34. The predicted octanol–water partition coefficient (Wildman–Crippen LogP) is 2.92. The SMILES string of the molecule is COc1c(F)cc(-c2n[nH]c(=O)o2)cc1N[C@@H](C)C1CCC(N)CC1.Cl. The molecule has 2 aromatic rings. The fourth-order valence-corrected chi connectivity index (χ4v) is 3.39. The van der Waals surface area contributed by atoms with Crippen LogP contribution in [0.4, 0.5) is 10.1 Å². The van der Waals surface area contributed by atoms with E-state index in [1.54, 1.807) is 6.07 Å². The van der Waals surface area contributed by atoms with Gasteiger partial charge in [0.05, 0.1) is 12.8 Å². The fourth-order valence-electron chi connectivity index (χ4n) is 3.39. The third kappa shape index (κ3) is 4.37. The van der Waals surface area contributed by atoms with Gasteiger partial charge >= 0.3 is 5.76 Å². The van der Waals surface area contributed by atoms with Crippen LogP contribution in [0.5, 0.6) is 5.75 Å². The zero-order chi connectivity index (χ0) is 18.0. The Kier molecular flexibility index (Phi) is 6.66. The molecule has 9 heteroatoms. The first kappa shape index (κ1) is 20.3. The molecule has 1 fully saturated rings. The molecule has 0 bridgehead atoms. The number of methoxy groups -OCH3 is 1. The summed E-state index contributed by atoms with van der Waals surface area (Å²) in [5.74, 6) is -0.620. The molecule has 1 aliphatic carbocycles. The van der Waals surface area contributed by atoms with Gasteiger partial charge in [0.15, 0.2) is 11.6 Å². The van der Waals surface area contributed by atoms with Crippen LogP contribution >= 0.6 is 12.4 Å². The lowest BCUT2D eigenvalue weighted by atomic mass is 9.82. The number of aromatic amines is 1. The monoisotopic (exact) mass is 386 g/mol. The van der Waals surface area contributed by atoms with E-state index in [0.29, 0.717) is 17.2 Å². The van der Waals surface area contributed by atoms with Crippen LogP contribution in [0.25, 0.3) is 11.5 Å². The second-order valence-electron chi connectivity index (χ2n) is 6.57. The summed E-state index contributed by atoms with van der Waals surface area (Å²) in [6.45, 7) is 2.07. The Balaban J connectivity index is 0.00000243. The predicted molar refractivity (Wildman–Crippen MR) is 99.3 cm³/mol. The molecule has 0 amide bonds. The second kappa shape index (κ2) is 8.55. The van der Waals surface area contributed by atoms with Crippen LogP contribution < -0.4 is 21.5 Å². The molecule has 1 saturated carbocycles. The van der Waals surface area contributed by atoms with Crippen molar-refractivity contribution in [3.63, 3.8) is 0 Å². The standard InChI is InChI=1S/C17H23FN4O3.ClH/c1-9(10-3-5-12(19)6-4-10)20-14-8-11(7-13(18)15(14)24-2)16-21-22-17(23)25-16;/h7-10,12,20H,3-6,19H2,1-2H3,(H,22,23);1H/t9-,10?,12?;/m0./s1. The minimum absolute atomic E-state index is 0. The van der Waals surface area contributed by atoms with Crippen molar-refractivity contribution in [3.05, 3.63) is 28.5 Å². The van der Waals surface area contributed by atoms with Gasteiger partial charge in [-0.15, -0.1) is 17.5 Å². The number of hydrogen-bond donors (Lipinski definition) is 3. The van der Waals surface area contributed by atoms with Crippen molar-refractivity contribution >= 4 is 18.1 Å². The molecule has 1 aromatic heterocycles. The molecule has 0 aliphatic heterocycles. The Morgan fingerprint density at radius 1 is 1.38 bits per heavy atom. The lowest BCUT2D eigenvalue weighted by Gasteiger charge is -2.32. The molecule has 26 heavy (non-hydrogen) atoms. The summed E-state index contributed by atoms with van der Waals surface area (Å²) in [5.41, 5.74) is 6.83. The van der Waals surface area contributed by atoms with E-state index >= 15 is 0 Å². The summed E-state index contributed by atoms with van der Waals surface area (Å²) in [5, 5.41) is 9.26. The van der Waals surface area contributed by atoms with Crippen molar-refractivity contribution in [2.45, 2.75) is 44.7 Å². The summed E-state index contributed by atoms with van der Waals surface area (Å²) >= 11 is 0. The van der Waals surface area contributed by atoms with Crippen molar-refractivity contribution in [2.75, 3.05) is 12.4 Å². The van der Waals surface area contributed by atoms with Gasteiger partial charge in [-0.3, -0.25) is 0 Å². The number of nitrogens with zero attached hydrogens (tertiary/aromatic N) is 1. The number of ether oxygens (including phenoxy) is 1. The highest BCUT2D eigenvalue weighted by Gasteiger charge is 2.25. The number of aromatic nitrogens is 2. The Morgan fingerprint density at radius 2 is 2.08 bits per heavy atom. The van der Waals surface area contributed by atoms with Crippen molar-refractivity contribution in [2.24, 2.45) is 11.7 Å². The smallest absolute Gasteiger partial charge is 0.434 e. The molecule has 0 spiro atoms. The van der Waals surface area contributed by atoms with Crippen molar-refractivity contribution < 1.29 is 13.5 Å². The molecule has 7 nitrogen and oxygen atoms in total. The topological polar surface area (TPSA) is 106 Å². The van der Waals surface area contributed by atoms with Crippen LogP contribution in [0, 0.1) is 11.7 Å². The largest absolute Gasteiger partial charge is 0.492 e. The average molecular weight is 387 g/mol. The van der Waals surface area contributed by atoms with Gasteiger partial charge in [-0.25, -0.2) is 14.3 Å². The minimum atomic E-state index is -0.687. The Morgan fingerprint density at radius 3 is 2.65 bits per heavy atom. The third-order valence-corrected chi connectivity index (χ3v) is 4.84. The van der Waals surface area contributed by atoms with Crippen LogP contribution in [0.15, 0.2) is 21.3 Å². The molecular formula is C17H24ClFN4O3. The number of H-pyrrole nitrogens is 1. The third-order valence-electron chi connectivity index (χ3n) is 4.84. The van der Waals surface area contributed by atoms with E-state index in [1.165, 1.54) is 13.2 Å². The number of nitrogens with one attached hydrogen (secondary N) is 2. The highest BCUT2D eigenvalue weighted by molar-refractivity contribution is 5.85. The van der Waals surface area contributed by atoms with E-state index in [4.69, 9.17) is 14.9 Å². The quantitative estimate of drug-likeness (QED) is 0.729. The van der Waals surface area contributed by atoms with Gasteiger partial charge in [0.1, 0.15) is 0 Å². The highest BCUT2D eigenvalue weighted by atomic mass is 35.5. The van der Waals surface area contributed by atoms with E-state index in [-0.39, 0.29) is 36.1 Å². The number of rotatable bonds is 5. The summed E-state index contributed by atoms with van der Waals surface area (Å²) in [6.07, 6.45) is 4.07. The van der Waals surface area contributed by atoms with Crippen molar-refractivity contribution in [1.82, 2.24) is 10.2 Å². The number of anilines is 1. The molecule has 0 radical (unpaired) electrons. The summed E-state index contributed by atoms with van der Waals surface area (Å²) in [7, 11) is 1.42. The summed E-state index contributed by atoms with van der Waals surface area (Å²) in [6, 6.07) is 3.31. The van der Waals surface area contributed by atoms with Crippen LogP contribution in [0.1, 0.15) is 32.6 Å². The molecule has 3 rings (SSSR count). The molecule has 0 unspecified atom stereocenters. The van der Waals surface area contributed by atoms with Crippen LogP contribution in [-0.2, 0) is 0 Å². The Hall–Kier alpha value is -2.06. The second-order valence-corrected chi connectivity index (χ2v) is 6.57. The van der Waals surface area contributed by atoms with Gasteiger partial charge in [-0.05, 0) is 50.7 Å². The van der Waals surface area contributed by atoms with Gasteiger partial charge in [0.25, 0.3) is 0 Å². The maximum Gasteiger partial charge on any atom is 0.434 e. The van der Waals surface area contributed by atoms with Crippen LogP contribution in [-0.4, -0.2) is 29.4 Å². The summed E-state index contributed by atoms with van der Waals surface area (Å²) < 4.78 is 24.5. The Bertz CT molecular complexity index is 787. The molecule has 1 aliphatic rings. The molecular weight excluding hydrogens is 363 g/mol. The normalized spacial score (nSPS) is 20.9. The van der Waals surface area contributed by atoms with Crippen molar-refractivity contribution in [1.29, 1.82) is 0 Å². The molecule has 0 saturated heterocycles. The molecule has 1 atom stereocenters. The number of hydrogen-bond acceptors (Lipinski definition) is 6. The van der Waals surface area contributed by atoms with Gasteiger partial charge in [-0.1, -0.05) is 0 Å². The number of benzene rings is 1. The average Bonchev–Trinajstić information content (AvgIpc) is 3.01. The summed E-state index contributed by atoms with van der Waals surface area (Å²) in [4.78, 5) is 11.1. The minimum Gasteiger partial charge on any atom is -0.492 e. The maximum atomic E-state index is 14.4. The van der Waals surface area contributed by atoms with Gasteiger partial charge in [0.2, 0.25) is 5.89 Å². The van der Waals surface area contributed by atoms with E-state index < -0.39 is 11.6 Å². The van der Waals surface area contributed by atoms with E-state index in [1.807, 2.05) is 0 Å². The van der Waals surface area contributed by atoms with Gasteiger partial charge in [-0.2, -0.15) is 0 Å². The molecule has 1 aromatic carbocycles. The first-order valence-electron chi connectivity index (χ1n) is 8.43. The first-order chi connectivity index (χ1) is 12.0. The molecule has 4 N–H and O–H groups in total. The Labute approximate surface area is 156 Å². The van der Waals surface area contributed by atoms with Crippen LogP contribution in [0.3, 0.4) is 0 Å². The number of halogens is 2. The highest BCUT2D eigenvalue weighted by Crippen LogP contribution is 2.35. The van der Waals surface area contributed by atoms with Gasteiger partial charge < -0.3 is 20.2 Å². The lowest BCUT2D eigenvalue weighted by molar-refractivity contribution is 0.301. The van der Waals surface area contributed by atoms with Crippen LogP contribution in [0.2, 0.25) is 0 Å². The van der Waals surface area contributed by atoms with E-state index in [9.17, 15) is 9.18 Å². The molecule has 1 heterocycles. The zero-order valence-electron chi connectivity index (χ0n) is 14.8. The molecule has 144 valence electrons. The first-order valence-corrected chi connectivity index (χ1v) is 8.43. The van der Waals surface area contributed by atoms with E-state index in [2.05, 4.69) is 22.4 Å². The zero-order valence-corrected chi connectivity index (χ0v) is 15.6. The van der Waals surface area contributed by atoms with Crippen molar-refractivity contribution in [3.8, 4) is 17.2 Å². The van der Waals surface area contributed by atoms with Gasteiger partial charge in [0, 0.05) is 17.6 Å². The maximum absolute atomic E-state index is 14.4. The number of nitrogens with two attached hydrogens (primary N) is 1.